The molecule has 1 nitrogen and oxygen atoms in total. The van der Waals surface area contributed by atoms with Gasteiger partial charge < -0.3 is 0 Å². The highest BCUT2D eigenvalue weighted by Gasteiger charge is 2.01. The van der Waals surface area contributed by atoms with Gasteiger partial charge in [0.1, 0.15) is 0 Å². The molecule has 0 aliphatic carbocycles. The zero-order valence-corrected chi connectivity index (χ0v) is 9.93. The topological polar surface area (TPSA) is 3.24 Å². The predicted octanol–water partition coefficient (Wildman–Crippen LogP) is 2.97. The molecular formula is C12H18ClN. The van der Waals surface area contributed by atoms with Crippen molar-refractivity contribution in [3.63, 3.8) is 0 Å². The Morgan fingerprint density at radius 2 is 2.00 bits per heavy atom. The van der Waals surface area contributed by atoms with Gasteiger partial charge in [0, 0.05) is 6.54 Å². The summed E-state index contributed by atoms with van der Waals surface area (Å²) < 4.78 is 0. The monoisotopic (exact) mass is 211 g/mol. The molecule has 0 heterocycles. The minimum absolute atomic E-state index is 0.602. The van der Waals surface area contributed by atoms with Crippen LogP contribution in [0.3, 0.4) is 0 Å². The van der Waals surface area contributed by atoms with E-state index in [9.17, 15) is 0 Å². The number of benzene rings is 1. The van der Waals surface area contributed by atoms with Gasteiger partial charge in [-0.15, -0.1) is 11.6 Å². The average molecular weight is 212 g/mol. The van der Waals surface area contributed by atoms with Crippen molar-refractivity contribution in [3.05, 3.63) is 34.9 Å². The fourth-order valence-electron chi connectivity index (χ4n) is 1.44. The molecular weight excluding hydrogens is 194 g/mol. The van der Waals surface area contributed by atoms with E-state index in [4.69, 9.17) is 11.6 Å². The molecule has 0 aliphatic heterocycles. The lowest BCUT2D eigenvalue weighted by molar-refractivity contribution is 0.394. The molecule has 0 bridgehead atoms. The van der Waals surface area contributed by atoms with Crippen molar-refractivity contribution in [2.45, 2.75) is 20.3 Å². The van der Waals surface area contributed by atoms with E-state index in [0.717, 1.165) is 13.0 Å². The lowest BCUT2D eigenvalue weighted by Gasteiger charge is -2.13. The van der Waals surface area contributed by atoms with Crippen LogP contribution in [-0.2, 0) is 6.42 Å². The molecule has 0 atom stereocenters. The Labute approximate surface area is 91.7 Å². The summed E-state index contributed by atoms with van der Waals surface area (Å²) in [5.74, 6) is 0. The minimum Gasteiger partial charge on any atom is -0.293 e. The summed E-state index contributed by atoms with van der Waals surface area (Å²) in [7, 11) is 2.04. The van der Waals surface area contributed by atoms with Crippen LogP contribution in [0, 0.1) is 13.8 Å². The van der Waals surface area contributed by atoms with Gasteiger partial charge in [0.2, 0.25) is 0 Å². The number of hydrogen-bond donors (Lipinski definition) is 0. The molecule has 1 rings (SSSR count). The minimum atomic E-state index is 0.602. The number of halogens is 1. The van der Waals surface area contributed by atoms with Crippen molar-refractivity contribution in [2.24, 2.45) is 0 Å². The summed E-state index contributed by atoms with van der Waals surface area (Å²) in [6, 6.07) is 7.21. The van der Waals surface area contributed by atoms with Gasteiger partial charge in [-0.25, -0.2) is 0 Å². The second kappa shape index (κ2) is 5.38. The third-order valence-electron chi connectivity index (χ3n) is 2.47. The van der Waals surface area contributed by atoms with Crippen LogP contribution < -0.4 is 0 Å². The molecule has 0 amide bonds. The third kappa shape index (κ3) is 3.32. The highest BCUT2D eigenvalue weighted by atomic mass is 35.5. The first kappa shape index (κ1) is 11.5. The fraction of sp³-hybridized carbons (Fsp3) is 0.500. The van der Waals surface area contributed by atoms with E-state index in [1.54, 1.807) is 0 Å². The Morgan fingerprint density at radius 1 is 1.29 bits per heavy atom. The van der Waals surface area contributed by atoms with E-state index in [2.05, 4.69) is 36.9 Å². The second-order valence-corrected chi connectivity index (χ2v) is 4.12. The van der Waals surface area contributed by atoms with Crippen molar-refractivity contribution >= 4 is 11.6 Å². The van der Waals surface area contributed by atoms with Gasteiger partial charge in [-0.1, -0.05) is 23.8 Å². The van der Waals surface area contributed by atoms with E-state index >= 15 is 0 Å². The molecule has 0 aromatic heterocycles. The van der Waals surface area contributed by atoms with E-state index in [0.29, 0.717) is 6.00 Å². The van der Waals surface area contributed by atoms with Gasteiger partial charge in [-0.2, -0.15) is 0 Å². The largest absolute Gasteiger partial charge is 0.293 e. The molecule has 78 valence electrons. The standard InChI is InChI=1S/C12H18ClN/c1-10-4-5-11(2)12(8-10)6-7-14(3)9-13/h4-5,8H,6-7,9H2,1-3H3. The van der Waals surface area contributed by atoms with Crippen LogP contribution in [0.25, 0.3) is 0 Å². The molecule has 0 fully saturated rings. The first-order valence-electron chi connectivity index (χ1n) is 4.94. The zero-order valence-electron chi connectivity index (χ0n) is 9.18. The van der Waals surface area contributed by atoms with E-state index in [-0.39, 0.29) is 0 Å². The zero-order chi connectivity index (χ0) is 10.6. The molecule has 2 heteroatoms. The van der Waals surface area contributed by atoms with Crippen molar-refractivity contribution in [2.75, 3.05) is 19.6 Å². The quantitative estimate of drug-likeness (QED) is 0.547. The van der Waals surface area contributed by atoms with Crippen molar-refractivity contribution < 1.29 is 0 Å². The predicted molar refractivity (Wildman–Crippen MR) is 63.0 cm³/mol. The van der Waals surface area contributed by atoms with Crippen LogP contribution in [0.5, 0.6) is 0 Å². The van der Waals surface area contributed by atoms with Crippen LogP contribution in [0.2, 0.25) is 0 Å². The number of hydrogen-bond acceptors (Lipinski definition) is 1. The van der Waals surface area contributed by atoms with Crippen LogP contribution in [0.15, 0.2) is 18.2 Å². The smallest absolute Gasteiger partial charge is 0.0736 e. The Kier molecular flexibility index (Phi) is 4.43. The molecule has 0 saturated carbocycles. The summed E-state index contributed by atoms with van der Waals surface area (Å²) in [6.07, 6.45) is 1.08. The fourth-order valence-corrected chi connectivity index (χ4v) is 1.56. The van der Waals surface area contributed by atoms with E-state index in [1.165, 1.54) is 16.7 Å². The summed E-state index contributed by atoms with van der Waals surface area (Å²) in [4.78, 5) is 2.11. The maximum Gasteiger partial charge on any atom is 0.0736 e. The second-order valence-electron chi connectivity index (χ2n) is 3.88. The van der Waals surface area contributed by atoms with Crippen LogP contribution in [0.1, 0.15) is 16.7 Å². The summed E-state index contributed by atoms with van der Waals surface area (Å²) in [6.45, 7) is 5.32. The van der Waals surface area contributed by atoms with Crippen LogP contribution in [-0.4, -0.2) is 24.5 Å². The first-order valence-corrected chi connectivity index (χ1v) is 5.47. The van der Waals surface area contributed by atoms with Gasteiger partial charge >= 0.3 is 0 Å². The third-order valence-corrected chi connectivity index (χ3v) is 2.88. The van der Waals surface area contributed by atoms with Crippen molar-refractivity contribution in [1.82, 2.24) is 4.90 Å². The summed E-state index contributed by atoms with van der Waals surface area (Å²) >= 11 is 5.72. The first-order chi connectivity index (χ1) is 6.63. The maximum absolute atomic E-state index is 5.72. The number of rotatable bonds is 4. The van der Waals surface area contributed by atoms with Gasteiger partial charge in [0.05, 0.1) is 6.00 Å². The average Bonchev–Trinajstić information content (AvgIpc) is 2.19. The van der Waals surface area contributed by atoms with Gasteiger partial charge in [-0.3, -0.25) is 4.90 Å². The highest BCUT2D eigenvalue weighted by molar-refractivity contribution is 6.17. The number of likely N-dealkylation sites (N-methyl/N-ethyl adjacent to an activating group) is 1. The SMILES string of the molecule is Cc1ccc(C)c(CCN(C)CCl)c1. The van der Waals surface area contributed by atoms with Crippen LogP contribution in [0.4, 0.5) is 0 Å². The van der Waals surface area contributed by atoms with E-state index < -0.39 is 0 Å². The van der Waals surface area contributed by atoms with Gasteiger partial charge in [0.15, 0.2) is 0 Å². The Morgan fingerprint density at radius 3 is 2.64 bits per heavy atom. The Balaban J connectivity index is 2.62. The van der Waals surface area contributed by atoms with Crippen molar-refractivity contribution in [1.29, 1.82) is 0 Å². The highest BCUT2D eigenvalue weighted by Crippen LogP contribution is 2.11. The lowest BCUT2D eigenvalue weighted by atomic mass is 10.0. The molecule has 1 aromatic rings. The summed E-state index contributed by atoms with van der Waals surface area (Å²) in [5.41, 5.74) is 4.14. The number of aryl methyl sites for hydroxylation is 2. The van der Waals surface area contributed by atoms with E-state index in [1.807, 2.05) is 7.05 Å². The summed E-state index contributed by atoms with van der Waals surface area (Å²) in [5, 5.41) is 0. The van der Waals surface area contributed by atoms with Crippen molar-refractivity contribution in [3.8, 4) is 0 Å². The maximum atomic E-state index is 5.72. The molecule has 0 saturated heterocycles. The lowest BCUT2D eigenvalue weighted by Crippen LogP contribution is -2.19. The van der Waals surface area contributed by atoms with Gasteiger partial charge in [-0.05, 0) is 38.4 Å². The van der Waals surface area contributed by atoms with Crippen LogP contribution >= 0.6 is 11.6 Å². The molecule has 0 aliphatic rings. The molecule has 0 N–H and O–H groups in total. The molecule has 0 radical (unpaired) electrons. The normalized spacial score (nSPS) is 10.9. The molecule has 1 aromatic carbocycles. The Bertz CT molecular complexity index is 296. The van der Waals surface area contributed by atoms with Gasteiger partial charge in [0.25, 0.3) is 0 Å². The number of nitrogens with zero attached hydrogens (tertiary/aromatic N) is 1. The molecule has 0 unspecified atom stereocenters. The number of alkyl halides is 1. The molecule has 0 spiro atoms. The Hall–Kier alpha value is -0.530. The molecule has 14 heavy (non-hydrogen) atoms.